The lowest BCUT2D eigenvalue weighted by Crippen LogP contribution is -2.61. The number of nitrogens with one attached hydrogen (secondary N) is 2. The van der Waals surface area contributed by atoms with Crippen LogP contribution in [-0.2, 0) is 30.4 Å². The molecule has 2 aliphatic rings. The molecule has 2 fully saturated rings. The number of hydrogen-bond acceptors (Lipinski definition) is 6. The highest BCUT2D eigenvalue weighted by Crippen LogP contribution is 2.27. The molecule has 2 saturated heterocycles. The standard InChI is InChI=1S/C35H50N4O6/c1-5-23(3)32-35(44)38-19-13-12-18-30(38)31(41)21-25(15-8-7-9-16-27(40)6-2)33(42)36-28(34(43)37-32)22-26-20-24-14-10-11-17-29(24)39(26)45-4/h10-11,14,17,20,23,25,28,30,32H,5-9,12-13,15-16,18-19,21-22H2,1-4H3,(H,36,42)(H,37,43)/t23?,25-,28+,30-,32+/m1/s1. The van der Waals surface area contributed by atoms with Crippen LogP contribution in [0.3, 0.4) is 0 Å². The molecule has 2 N–H and O–H groups in total. The summed E-state index contributed by atoms with van der Waals surface area (Å²) >= 11 is 0. The lowest BCUT2D eigenvalue weighted by molar-refractivity contribution is -0.147. The maximum absolute atomic E-state index is 14.1. The van der Waals surface area contributed by atoms with E-state index in [1.54, 1.807) is 16.7 Å². The van der Waals surface area contributed by atoms with Crippen molar-refractivity contribution in [2.45, 2.75) is 116 Å². The normalized spacial score (nSPS) is 23.9. The largest absolute Gasteiger partial charge is 0.417 e. The van der Waals surface area contributed by atoms with Crippen molar-refractivity contribution < 1.29 is 28.8 Å². The molecule has 0 spiro atoms. The van der Waals surface area contributed by atoms with Crippen LogP contribution in [0.1, 0.15) is 97.1 Å². The molecule has 3 heterocycles. The molecule has 0 aliphatic carbocycles. The Bertz CT molecular complexity index is 1370. The summed E-state index contributed by atoms with van der Waals surface area (Å²) in [6.07, 6.45) is 6.66. The number of rotatable bonds is 12. The Morgan fingerprint density at radius 3 is 2.53 bits per heavy atom. The van der Waals surface area contributed by atoms with Crippen molar-refractivity contribution in [2.75, 3.05) is 13.7 Å². The summed E-state index contributed by atoms with van der Waals surface area (Å²) < 4.78 is 1.65. The highest BCUT2D eigenvalue weighted by Gasteiger charge is 2.41. The second-order valence-electron chi connectivity index (χ2n) is 12.7. The summed E-state index contributed by atoms with van der Waals surface area (Å²) in [7, 11) is 1.55. The maximum Gasteiger partial charge on any atom is 0.246 e. The number of carbonyl (C=O) groups is 5. The van der Waals surface area contributed by atoms with Crippen LogP contribution in [0.2, 0.25) is 0 Å². The van der Waals surface area contributed by atoms with Gasteiger partial charge in [-0.2, -0.15) is 4.73 Å². The monoisotopic (exact) mass is 622 g/mol. The number of benzene rings is 1. The molecular formula is C35H50N4O6. The van der Waals surface area contributed by atoms with Crippen LogP contribution in [0.25, 0.3) is 10.9 Å². The van der Waals surface area contributed by atoms with Crippen LogP contribution < -0.4 is 15.5 Å². The number of carbonyl (C=O) groups excluding carboxylic acids is 5. The van der Waals surface area contributed by atoms with E-state index < -0.39 is 30.0 Å². The number of hydrogen-bond donors (Lipinski definition) is 2. The van der Waals surface area contributed by atoms with E-state index in [-0.39, 0.29) is 42.1 Å². The van der Waals surface area contributed by atoms with Crippen molar-refractivity contribution in [1.29, 1.82) is 0 Å². The zero-order valence-corrected chi connectivity index (χ0v) is 27.3. The average Bonchev–Trinajstić information content (AvgIpc) is 3.41. The first-order chi connectivity index (χ1) is 21.7. The molecule has 3 amide bonds. The first-order valence-electron chi connectivity index (χ1n) is 16.8. The summed E-state index contributed by atoms with van der Waals surface area (Å²) in [4.78, 5) is 75.0. The first-order valence-corrected chi connectivity index (χ1v) is 16.8. The summed E-state index contributed by atoms with van der Waals surface area (Å²) in [5, 5.41) is 6.91. The molecule has 4 rings (SSSR count). The van der Waals surface area contributed by atoms with Gasteiger partial charge in [0.25, 0.3) is 0 Å². The van der Waals surface area contributed by atoms with Crippen LogP contribution in [0.5, 0.6) is 0 Å². The van der Waals surface area contributed by atoms with Gasteiger partial charge in [0.05, 0.1) is 17.3 Å². The molecule has 2 aliphatic heterocycles. The number of aromatic nitrogens is 1. The lowest BCUT2D eigenvalue weighted by Gasteiger charge is -2.39. The van der Waals surface area contributed by atoms with Crippen molar-refractivity contribution in [3.05, 3.63) is 36.0 Å². The molecule has 0 saturated carbocycles. The minimum Gasteiger partial charge on any atom is -0.417 e. The van der Waals surface area contributed by atoms with Gasteiger partial charge < -0.3 is 20.4 Å². The molecule has 10 nitrogen and oxygen atoms in total. The van der Waals surface area contributed by atoms with Crippen LogP contribution in [0.4, 0.5) is 0 Å². The van der Waals surface area contributed by atoms with Gasteiger partial charge >= 0.3 is 0 Å². The zero-order valence-electron chi connectivity index (χ0n) is 27.3. The van der Waals surface area contributed by atoms with Crippen molar-refractivity contribution in [2.24, 2.45) is 11.8 Å². The SMILES string of the molecule is CCC(=O)CCCCC[C@@H]1CC(=O)[C@H]2CCCCN2C(=O)[C@H](C(C)CC)NC(=O)[C@H](Cc2cc3ccccc3n2OC)NC1=O. The van der Waals surface area contributed by atoms with Gasteiger partial charge in [-0.3, -0.25) is 24.0 Å². The molecule has 1 unspecified atom stereocenters. The Labute approximate surface area is 266 Å². The predicted octanol–water partition coefficient (Wildman–Crippen LogP) is 4.16. The number of amides is 3. The van der Waals surface area contributed by atoms with E-state index in [9.17, 15) is 24.0 Å². The van der Waals surface area contributed by atoms with E-state index in [1.807, 2.05) is 51.1 Å². The van der Waals surface area contributed by atoms with Gasteiger partial charge in [-0.1, -0.05) is 58.2 Å². The fourth-order valence-corrected chi connectivity index (χ4v) is 6.67. The number of nitrogens with zero attached hydrogens (tertiary/aromatic N) is 2. The van der Waals surface area contributed by atoms with Gasteiger partial charge in [0, 0.05) is 43.5 Å². The van der Waals surface area contributed by atoms with E-state index >= 15 is 0 Å². The molecule has 1 aromatic carbocycles. The summed E-state index contributed by atoms with van der Waals surface area (Å²) in [6, 6.07) is 7.23. The van der Waals surface area contributed by atoms with Gasteiger partial charge in [-0.05, 0) is 50.2 Å². The van der Waals surface area contributed by atoms with Crippen molar-refractivity contribution in [1.82, 2.24) is 20.3 Å². The number of unbranched alkanes of at least 4 members (excludes halogenated alkanes) is 2. The highest BCUT2D eigenvalue weighted by molar-refractivity contribution is 5.98. The van der Waals surface area contributed by atoms with E-state index in [0.717, 1.165) is 36.6 Å². The Morgan fingerprint density at radius 1 is 1.02 bits per heavy atom. The number of para-hydroxylation sites is 1. The van der Waals surface area contributed by atoms with Crippen molar-refractivity contribution in [3.8, 4) is 0 Å². The van der Waals surface area contributed by atoms with E-state index in [1.165, 1.54) is 0 Å². The van der Waals surface area contributed by atoms with Gasteiger partial charge in [0.15, 0.2) is 5.78 Å². The predicted molar refractivity (Wildman–Crippen MR) is 172 cm³/mol. The van der Waals surface area contributed by atoms with Crippen LogP contribution in [0.15, 0.2) is 30.3 Å². The van der Waals surface area contributed by atoms with Gasteiger partial charge in [0.2, 0.25) is 17.7 Å². The first kappa shape index (κ1) is 34.2. The molecular weight excluding hydrogens is 572 g/mol. The quantitative estimate of drug-likeness (QED) is 0.343. The second kappa shape index (κ2) is 16.0. The fourth-order valence-electron chi connectivity index (χ4n) is 6.67. The minimum absolute atomic E-state index is 0.00877. The number of Topliss-reactive ketones (excluding diaryl/α,β-unsaturated/α-hetero) is 2. The molecule has 1 aromatic heterocycles. The third kappa shape index (κ3) is 8.32. The van der Waals surface area contributed by atoms with Gasteiger partial charge in [-0.25, -0.2) is 0 Å². The van der Waals surface area contributed by atoms with Crippen LogP contribution in [-0.4, -0.2) is 70.7 Å². The topological polar surface area (TPSA) is 127 Å². The average molecular weight is 623 g/mol. The van der Waals surface area contributed by atoms with Crippen LogP contribution in [0, 0.1) is 11.8 Å². The number of piperidine rings is 1. The van der Waals surface area contributed by atoms with E-state index in [0.29, 0.717) is 50.8 Å². The Morgan fingerprint density at radius 2 is 1.80 bits per heavy atom. The summed E-state index contributed by atoms with van der Waals surface area (Å²) in [6.45, 7) is 6.21. The zero-order chi connectivity index (χ0) is 32.5. The van der Waals surface area contributed by atoms with Crippen molar-refractivity contribution in [3.63, 3.8) is 0 Å². The third-order valence-corrected chi connectivity index (χ3v) is 9.62. The Hall–Kier alpha value is -3.69. The van der Waals surface area contributed by atoms with E-state index in [2.05, 4.69) is 10.6 Å². The summed E-state index contributed by atoms with van der Waals surface area (Å²) in [5.41, 5.74) is 1.53. The molecule has 246 valence electrons. The summed E-state index contributed by atoms with van der Waals surface area (Å²) in [5.74, 6) is -1.72. The Balaban J connectivity index is 1.66. The molecule has 0 radical (unpaired) electrons. The van der Waals surface area contributed by atoms with Crippen LogP contribution >= 0.6 is 0 Å². The molecule has 0 bridgehead atoms. The molecule has 5 atom stereocenters. The van der Waals surface area contributed by atoms with Gasteiger partial charge in [0.1, 0.15) is 25.0 Å². The third-order valence-electron chi connectivity index (χ3n) is 9.62. The maximum atomic E-state index is 14.1. The van der Waals surface area contributed by atoms with Gasteiger partial charge in [-0.15, -0.1) is 0 Å². The smallest absolute Gasteiger partial charge is 0.246 e. The minimum atomic E-state index is -0.994. The molecule has 2 aromatic rings. The molecule has 45 heavy (non-hydrogen) atoms. The number of fused-ring (bicyclic) bond motifs is 2. The lowest BCUT2D eigenvalue weighted by atomic mass is 9.87. The van der Waals surface area contributed by atoms with E-state index in [4.69, 9.17) is 4.84 Å². The molecule has 10 heteroatoms. The number of ketones is 2. The fraction of sp³-hybridized carbons (Fsp3) is 0.629. The Kier molecular flexibility index (Phi) is 12.2. The van der Waals surface area contributed by atoms with Crippen molar-refractivity contribution >= 4 is 40.2 Å². The second-order valence-corrected chi connectivity index (χ2v) is 12.7. The highest BCUT2D eigenvalue weighted by atomic mass is 16.6.